The summed E-state index contributed by atoms with van der Waals surface area (Å²) >= 11 is 0. The van der Waals surface area contributed by atoms with Crippen LogP contribution in [0.25, 0.3) is 22.2 Å². The minimum absolute atomic E-state index is 0.0524. The number of nitrogens with one attached hydrogen (secondary N) is 1. The molecule has 0 bridgehead atoms. The van der Waals surface area contributed by atoms with E-state index in [2.05, 4.69) is 32.3 Å². The fourth-order valence-electron chi connectivity index (χ4n) is 4.68. The van der Waals surface area contributed by atoms with Crippen molar-refractivity contribution in [1.82, 2.24) is 39.2 Å². The molecule has 2 aromatic carbocycles. The van der Waals surface area contributed by atoms with E-state index in [4.69, 9.17) is 10.7 Å². The summed E-state index contributed by atoms with van der Waals surface area (Å²) in [5, 5.41) is 11.9. The lowest BCUT2D eigenvalue weighted by atomic mass is 10.1. The average Bonchev–Trinajstić information content (AvgIpc) is 3.53. The van der Waals surface area contributed by atoms with Crippen LogP contribution >= 0.6 is 0 Å². The van der Waals surface area contributed by atoms with Crippen LogP contribution < -0.4 is 16.6 Å². The Hall–Kier alpha value is -5.76. The molecule has 4 heterocycles. The standard InChI is InChI=1S/C30H25N9O2/c1-18-12-15-24-35-27(31)26(39(24)36-18)29(40)33-19(2)28-34-23-11-7-8-21(14-13-20-16-32-37(3)17-20)25(23)30(41)38(28)22-9-5-4-6-10-22/h4-12,15-17,19H,31H2,1-3H3,(H,33,40). The molecule has 0 fully saturated rings. The maximum absolute atomic E-state index is 14.2. The Morgan fingerprint density at radius 1 is 1.02 bits per heavy atom. The molecule has 6 rings (SSSR count). The lowest BCUT2D eigenvalue weighted by Gasteiger charge is -2.20. The second kappa shape index (κ2) is 10.1. The van der Waals surface area contributed by atoms with Gasteiger partial charge in [0.25, 0.3) is 11.5 Å². The zero-order valence-corrected chi connectivity index (χ0v) is 22.5. The predicted molar refractivity (Wildman–Crippen MR) is 155 cm³/mol. The molecule has 0 radical (unpaired) electrons. The molecular formula is C30H25N9O2. The fraction of sp³-hybridized carbons (Fsp3) is 0.133. The number of hydrogen-bond acceptors (Lipinski definition) is 7. The molecule has 6 aromatic rings. The summed E-state index contributed by atoms with van der Waals surface area (Å²) in [5.74, 6) is 6.08. The summed E-state index contributed by atoms with van der Waals surface area (Å²) in [7, 11) is 1.81. The van der Waals surface area contributed by atoms with Crippen molar-refractivity contribution in [2.45, 2.75) is 19.9 Å². The molecule has 1 unspecified atom stereocenters. The first-order valence-electron chi connectivity index (χ1n) is 12.8. The van der Waals surface area contributed by atoms with E-state index in [-0.39, 0.29) is 17.1 Å². The summed E-state index contributed by atoms with van der Waals surface area (Å²) in [4.78, 5) is 36.7. The van der Waals surface area contributed by atoms with Gasteiger partial charge in [-0.05, 0) is 50.2 Å². The number of aryl methyl sites for hydroxylation is 2. The summed E-state index contributed by atoms with van der Waals surface area (Å²) in [6.07, 6.45) is 3.46. The van der Waals surface area contributed by atoms with Crippen LogP contribution in [-0.4, -0.2) is 39.8 Å². The van der Waals surface area contributed by atoms with Crippen LogP contribution in [0.1, 0.15) is 46.1 Å². The third-order valence-electron chi connectivity index (χ3n) is 6.57. The SMILES string of the molecule is Cc1ccc2nc(N)c(C(=O)NC(C)c3nc4cccc(C#Cc5cnn(C)c5)c4c(=O)n3-c3ccccc3)n2n1. The van der Waals surface area contributed by atoms with Gasteiger partial charge in [-0.3, -0.25) is 18.8 Å². The number of carbonyl (C=O) groups is 1. The largest absolute Gasteiger partial charge is 0.382 e. The van der Waals surface area contributed by atoms with E-state index in [1.54, 1.807) is 54.3 Å². The van der Waals surface area contributed by atoms with Crippen LogP contribution in [0.2, 0.25) is 0 Å². The van der Waals surface area contributed by atoms with Gasteiger partial charge in [-0.2, -0.15) is 10.2 Å². The highest BCUT2D eigenvalue weighted by atomic mass is 16.2. The van der Waals surface area contributed by atoms with E-state index < -0.39 is 11.9 Å². The maximum Gasteiger partial charge on any atom is 0.274 e. The van der Waals surface area contributed by atoms with Crippen LogP contribution in [0.15, 0.2) is 77.9 Å². The quantitative estimate of drug-likeness (QED) is 0.326. The van der Waals surface area contributed by atoms with Crippen LogP contribution in [0, 0.1) is 18.8 Å². The van der Waals surface area contributed by atoms with Crippen molar-refractivity contribution in [3.63, 3.8) is 0 Å². The Labute approximate surface area is 234 Å². The molecule has 3 N–H and O–H groups in total. The molecule has 0 aliphatic carbocycles. The smallest absolute Gasteiger partial charge is 0.274 e. The number of nitrogens with two attached hydrogens (primary N) is 1. The first-order valence-corrected chi connectivity index (χ1v) is 12.8. The number of carbonyl (C=O) groups excluding carboxylic acids is 1. The van der Waals surface area contributed by atoms with E-state index in [1.165, 1.54) is 9.08 Å². The second-order valence-corrected chi connectivity index (χ2v) is 9.58. The third kappa shape index (κ3) is 4.68. The molecule has 0 spiro atoms. The van der Waals surface area contributed by atoms with Gasteiger partial charge in [-0.1, -0.05) is 36.1 Å². The van der Waals surface area contributed by atoms with E-state index in [9.17, 15) is 9.59 Å². The fourth-order valence-corrected chi connectivity index (χ4v) is 4.68. The van der Waals surface area contributed by atoms with Crippen molar-refractivity contribution in [2.24, 2.45) is 7.05 Å². The Kier molecular flexibility index (Phi) is 6.28. The third-order valence-corrected chi connectivity index (χ3v) is 6.57. The monoisotopic (exact) mass is 543 g/mol. The Morgan fingerprint density at radius 3 is 2.59 bits per heavy atom. The summed E-state index contributed by atoms with van der Waals surface area (Å²) in [6.45, 7) is 3.57. The van der Waals surface area contributed by atoms with Gasteiger partial charge in [0.15, 0.2) is 17.2 Å². The molecule has 0 saturated heterocycles. The van der Waals surface area contributed by atoms with Crippen molar-refractivity contribution < 1.29 is 4.79 Å². The number of benzene rings is 2. The Balaban J connectivity index is 1.47. The van der Waals surface area contributed by atoms with E-state index in [1.807, 2.05) is 44.3 Å². The second-order valence-electron chi connectivity index (χ2n) is 9.58. The maximum atomic E-state index is 14.2. The number of nitrogen functional groups attached to an aromatic ring is 1. The molecule has 0 saturated carbocycles. The number of hydrogen-bond donors (Lipinski definition) is 2. The minimum atomic E-state index is -0.695. The van der Waals surface area contributed by atoms with Gasteiger partial charge < -0.3 is 11.1 Å². The van der Waals surface area contributed by atoms with Crippen LogP contribution in [0.5, 0.6) is 0 Å². The van der Waals surface area contributed by atoms with Crippen molar-refractivity contribution in [1.29, 1.82) is 0 Å². The van der Waals surface area contributed by atoms with E-state index >= 15 is 0 Å². The van der Waals surface area contributed by atoms with Gasteiger partial charge in [-0.15, -0.1) is 0 Å². The highest BCUT2D eigenvalue weighted by Crippen LogP contribution is 2.21. The van der Waals surface area contributed by atoms with Crippen LogP contribution in [-0.2, 0) is 7.05 Å². The number of anilines is 1. The van der Waals surface area contributed by atoms with Gasteiger partial charge >= 0.3 is 0 Å². The minimum Gasteiger partial charge on any atom is -0.382 e. The van der Waals surface area contributed by atoms with Gasteiger partial charge in [-0.25, -0.2) is 14.5 Å². The van der Waals surface area contributed by atoms with Gasteiger partial charge in [0.05, 0.1) is 40.1 Å². The molecule has 1 amide bonds. The molecule has 11 nitrogen and oxygen atoms in total. The lowest BCUT2D eigenvalue weighted by Crippen LogP contribution is -2.34. The number of imidazole rings is 1. The summed E-state index contributed by atoms with van der Waals surface area (Å²) in [6, 6.07) is 17.3. The molecule has 0 aliphatic heterocycles. The number of rotatable bonds is 4. The van der Waals surface area contributed by atoms with Gasteiger partial charge in [0.2, 0.25) is 0 Å². The Bertz CT molecular complexity index is 2080. The highest BCUT2D eigenvalue weighted by Gasteiger charge is 2.24. The number of aromatic nitrogens is 7. The number of amides is 1. The topological polar surface area (TPSA) is 138 Å². The van der Waals surface area contributed by atoms with Crippen molar-refractivity contribution in [3.05, 3.63) is 112 Å². The van der Waals surface area contributed by atoms with E-state index in [0.29, 0.717) is 39.3 Å². The first-order chi connectivity index (χ1) is 19.8. The lowest BCUT2D eigenvalue weighted by molar-refractivity contribution is 0.0931. The van der Waals surface area contributed by atoms with Crippen molar-refractivity contribution >= 4 is 28.3 Å². The Morgan fingerprint density at radius 2 is 1.83 bits per heavy atom. The number of fused-ring (bicyclic) bond motifs is 2. The average molecular weight is 544 g/mol. The normalized spacial score (nSPS) is 11.8. The molecular weight excluding hydrogens is 518 g/mol. The van der Waals surface area contributed by atoms with Gasteiger partial charge in [0.1, 0.15) is 5.82 Å². The molecule has 1 atom stereocenters. The molecule has 202 valence electrons. The highest BCUT2D eigenvalue weighted by molar-refractivity contribution is 5.98. The summed E-state index contributed by atoms with van der Waals surface area (Å²) in [5.41, 5.74) is 9.39. The first kappa shape index (κ1) is 25.5. The zero-order chi connectivity index (χ0) is 28.7. The molecule has 4 aromatic heterocycles. The molecule has 41 heavy (non-hydrogen) atoms. The van der Waals surface area contributed by atoms with Crippen molar-refractivity contribution in [2.75, 3.05) is 5.73 Å². The van der Waals surface area contributed by atoms with Gasteiger partial charge in [0, 0.05) is 18.8 Å². The van der Waals surface area contributed by atoms with Crippen molar-refractivity contribution in [3.8, 4) is 17.5 Å². The predicted octanol–water partition coefficient (Wildman–Crippen LogP) is 2.94. The summed E-state index contributed by atoms with van der Waals surface area (Å²) < 4.78 is 4.58. The number of nitrogens with zero attached hydrogens (tertiary/aromatic N) is 7. The molecule has 11 heteroatoms. The van der Waals surface area contributed by atoms with Crippen LogP contribution in [0.4, 0.5) is 5.82 Å². The number of para-hydroxylation sites is 1. The van der Waals surface area contributed by atoms with Crippen LogP contribution in [0.3, 0.4) is 0 Å². The molecule has 0 aliphatic rings. The zero-order valence-electron chi connectivity index (χ0n) is 22.5. The van der Waals surface area contributed by atoms with E-state index in [0.717, 1.165) is 5.56 Å².